The molecule has 0 bridgehead atoms. The monoisotopic (exact) mass is 329 g/mol. The Morgan fingerprint density at radius 2 is 2.05 bits per heavy atom. The normalized spacial score (nSPS) is 12.7. The Kier molecular flexibility index (Phi) is 6.80. The minimum absolute atomic E-state index is 0.140. The van der Waals surface area contributed by atoms with Gasteiger partial charge in [-0.2, -0.15) is 0 Å². The smallest absolute Gasteiger partial charge is 0.188 e. The van der Waals surface area contributed by atoms with Crippen LogP contribution in [0.1, 0.15) is 31.4 Å². The van der Waals surface area contributed by atoms with Crippen molar-refractivity contribution in [1.82, 2.24) is 5.32 Å². The molecule has 0 aliphatic heterocycles. The van der Waals surface area contributed by atoms with Crippen LogP contribution in [0.3, 0.4) is 0 Å². The summed E-state index contributed by atoms with van der Waals surface area (Å²) >= 11 is 0. The highest BCUT2D eigenvalue weighted by molar-refractivity contribution is 7.89. The lowest BCUT2D eigenvalue weighted by atomic mass is 10.1. The maximum atomic E-state index is 13.4. The van der Waals surface area contributed by atoms with Crippen molar-refractivity contribution in [3.8, 4) is 0 Å². The van der Waals surface area contributed by atoms with E-state index < -0.39 is 15.7 Å². The van der Waals surface area contributed by atoms with E-state index in [9.17, 15) is 12.8 Å². The van der Waals surface area contributed by atoms with Crippen LogP contribution in [0.4, 0.5) is 4.39 Å². The number of nitrogens with one attached hydrogen (secondary N) is 1. The van der Waals surface area contributed by atoms with Gasteiger partial charge in [-0.15, -0.1) is 0 Å². The molecular weight excluding hydrogens is 305 g/mol. The first-order valence-corrected chi connectivity index (χ1v) is 9.22. The molecule has 0 amide bonds. The molecule has 0 heterocycles. The van der Waals surface area contributed by atoms with Gasteiger partial charge in [0.2, 0.25) is 0 Å². The summed E-state index contributed by atoms with van der Waals surface area (Å²) in [5, 5.41) is 2.98. The third-order valence-corrected chi connectivity index (χ3v) is 3.87. The first-order valence-electron chi connectivity index (χ1n) is 7.16. The summed E-state index contributed by atoms with van der Waals surface area (Å²) in [6.45, 7) is 5.08. The highest BCUT2D eigenvalue weighted by Gasteiger charge is 2.10. The van der Waals surface area contributed by atoms with Crippen molar-refractivity contribution in [2.24, 2.45) is 16.6 Å². The molecule has 7 heteroatoms. The number of halogens is 1. The Morgan fingerprint density at radius 3 is 2.64 bits per heavy atom. The lowest BCUT2D eigenvalue weighted by Gasteiger charge is -2.09. The molecule has 1 rings (SSSR count). The van der Waals surface area contributed by atoms with E-state index in [1.807, 2.05) is 0 Å². The van der Waals surface area contributed by atoms with E-state index in [2.05, 4.69) is 24.2 Å². The van der Waals surface area contributed by atoms with Crippen LogP contribution in [-0.4, -0.2) is 27.2 Å². The van der Waals surface area contributed by atoms with Gasteiger partial charge in [0, 0.05) is 12.8 Å². The standard InChI is InChI=1S/C15H24FN3O2S/c1-11(2)6-7-18-15(17)19-9-13-8-14(16)5-4-12(13)10-22(3,20)21/h4-5,8,11H,6-7,9-10H2,1-3H3,(H3,17,18,19). The second-order valence-electron chi connectivity index (χ2n) is 5.79. The van der Waals surface area contributed by atoms with Crippen LogP contribution in [0, 0.1) is 11.7 Å². The molecule has 0 aliphatic carbocycles. The molecule has 22 heavy (non-hydrogen) atoms. The Hall–Kier alpha value is -1.63. The largest absolute Gasteiger partial charge is 0.370 e. The molecule has 1 aromatic carbocycles. The summed E-state index contributed by atoms with van der Waals surface area (Å²) in [5.41, 5.74) is 6.82. The average Bonchev–Trinajstić information content (AvgIpc) is 2.37. The molecule has 0 saturated heterocycles. The topological polar surface area (TPSA) is 84.5 Å². The molecule has 0 aromatic heterocycles. The van der Waals surface area contributed by atoms with Crippen molar-refractivity contribution >= 4 is 15.8 Å². The van der Waals surface area contributed by atoms with E-state index in [1.165, 1.54) is 18.2 Å². The van der Waals surface area contributed by atoms with Crippen molar-refractivity contribution in [1.29, 1.82) is 0 Å². The molecule has 0 atom stereocenters. The van der Waals surface area contributed by atoms with Crippen LogP contribution >= 0.6 is 0 Å². The van der Waals surface area contributed by atoms with Gasteiger partial charge in [-0.1, -0.05) is 19.9 Å². The molecule has 0 saturated carbocycles. The van der Waals surface area contributed by atoms with E-state index in [-0.39, 0.29) is 18.3 Å². The second-order valence-corrected chi connectivity index (χ2v) is 7.93. The quantitative estimate of drug-likeness (QED) is 0.590. The Balaban J connectivity index is 2.77. The Labute approximate surface area is 131 Å². The van der Waals surface area contributed by atoms with Crippen molar-refractivity contribution in [3.05, 3.63) is 35.1 Å². The van der Waals surface area contributed by atoms with Crippen molar-refractivity contribution < 1.29 is 12.8 Å². The summed E-state index contributed by atoms with van der Waals surface area (Å²) in [4.78, 5) is 4.14. The number of guanidine groups is 1. The van der Waals surface area contributed by atoms with Crippen LogP contribution in [0.25, 0.3) is 0 Å². The number of rotatable bonds is 7. The fourth-order valence-electron chi connectivity index (χ4n) is 1.88. The van der Waals surface area contributed by atoms with Crippen molar-refractivity contribution in [2.75, 3.05) is 12.8 Å². The Bertz CT molecular complexity index is 628. The summed E-state index contributed by atoms with van der Waals surface area (Å²) in [6, 6.07) is 4.02. The number of hydrogen-bond acceptors (Lipinski definition) is 3. The van der Waals surface area contributed by atoms with Gasteiger partial charge in [-0.25, -0.2) is 17.8 Å². The molecule has 0 aliphatic rings. The minimum atomic E-state index is -3.19. The zero-order chi connectivity index (χ0) is 16.8. The lowest BCUT2D eigenvalue weighted by molar-refractivity contribution is 0.576. The fourth-order valence-corrected chi connectivity index (χ4v) is 2.73. The van der Waals surface area contributed by atoms with Crippen molar-refractivity contribution in [2.45, 2.75) is 32.6 Å². The fraction of sp³-hybridized carbons (Fsp3) is 0.533. The van der Waals surface area contributed by atoms with Crippen LogP contribution in [-0.2, 0) is 22.1 Å². The number of sulfone groups is 1. The van der Waals surface area contributed by atoms with Gasteiger partial charge in [0.15, 0.2) is 15.8 Å². The van der Waals surface area contributed by atoms with Gasteiger partial charge in [0.25, 0.3) is 0 Å². The maximum absolute atomic E-state index is 13.4. The summed E-state index contributed by atoms with van der Waals surface area (Å²) in [6.07, 6.45) is 2.11. The van der Waals surface area contributed by atoms with Crippen LogP contribution in [0.5, 0.6) is 0 Å². The van der Waals surface area contributed by atoms with Gasteiger partial charge in [0.1, 0.15) is 5.82 Å². The predicted octanol–water partition coefficient (Wildman–Crippen LogP) is 1.82. The van der Waals surface area contributed by atoms with Gasteiger partial charge in [0.05, 0.1) is 12.3 Å². The third-order valence-electron chi connectivity index (χ3n) is 3.03. The molecular formula is C15H24FN3O2S. The second kappa shape index (κ2) is 8.12. The molecule has 0 unspecified atom stereocenters. The van der Waals surface area contributed by atoms with E-state index in [0.717, 1.165) is 12.7 Å². The maximum Gasteiger partial charge on any atom is 0.188 e. The van der Waals surface area contributed by atoms with Crippen molar-refractivity contribution in [3.63, 3.8) is 0 Å². The summed E-state index contributed by atoms with van der Waals surface area (Å²) in [5.74, 6) is 0.271. The molecule has 0 fully saturated rings. The highest BCUT2D eigenvalue weighted by Crippen LogP contribution is 2.15. The van der Waals surface area contributed by atoms with Gasteiger partial charge in [-0.3, -0.25) is 0 Å². The first-order chi connectivity index (χ1) is 10.2. The van der Waals surface area contributed by atoms with E-state index in [4.69, 9.17) is 5.73 Å². The third kappa shape index (κ3) is 7.40. The van der Waals surface area contributed by atoms with Crippen LogP contribution < -0.4 is 11.1 Å². The van der Waals surface area contributed by atoms with Crippen LogP contribution in [0.15, 0.2) is 23.2 Å². The zero-order valence-corrected chi connectivity index (χ0v) is 14.1. The number of benzene rings is 1. The average molecular weight is 329 g/mol. The lowest BCUT2D eigenvalue weighted by Crippen LogP contribution is -2.32. The minimum Gasteiger partial charge on any atom is -0.370 e. The van der Waals surface area contributed by atoms with E-state index in [1.54, 1.807) is 0 Å². The summed E-state index contributed by atoms with van der Waals surface area (Å²) < 4.78 is 36.2. The van der Waals surface area contributed by atoms with Crippen LogP contribution in [0.2, 0.25) is 0 Å². The van der Waals surface area contributed by atoms with Gasteiger partial charge < -0.3 is 11.1 Å². The van der Waals surface area contributed by atoms with Gasteiger partial charge >= 0.3 is 0 Å². The molecule has 3 N–H and O–H groups in total. The highest BCUT2D eigenvalue weighted by atomic mass is 32.2. The first kappa shape index (κ1) is 18.4. The van der Waals surface area contributed by atoms with Gasteiger partial charge in [-0.05, 0) is 35.6 Å². The van der Waals surface area contributed by atoms with E-state index in [0.29, 0.717) is 23.6 Å². The summed E-state index contributed by atoms with van der Waals surface area (Å²) in [7, 11) is -3.19. The van der Waals surface area contributed by atoms with E-state index >= 15 is 0 Å². The Morgan fingerprint density at radius 1 is 1.36 bits per heavy atom. The molecule has 0 radical (unpaired) electrons. The number of aliphatic imine (C=N–C) groups is 1. The predicted molar refractivity (Wildman–Crippen MR) is 87.7 cm³/mol. The SMILES string of the molecule is CC(C)CCNC(N)=NCc1cc(F)ccc1CS(C)(=O)=O. The number of nitrogens with two attached hydrogens (primary N) is 1. The number of hydrogen-bond donors (Lipinski definition) is 2. The molecule has 124 valence electrons. The molecule has 0 spiro atoms. The molecule has 1 aromatic rings. The molecule has 5 nitrogen and oxygen atoms in total. The number of nitrogens with zero attached hydrogens (tertiary/aromatic N) is 1. The zero-order valence-electron chi connectivity index (χ0n) is 13.3.